The molecule has 3 N–H and O–H groups in total. The third kappa shape index (κ3) is 5.78. The van der Waals surface area contributed by atoms with Gasteiger partial charge in [0.15, 0.2) is 0 Å². The largest absolute Gasteiger partial charge is 0.353 e. The quantitative estimate of drug-likeness (QED) is 0.228. The smallest absolute Gasteiger partial charge is 0.226 e. The highest BCUT2D eigenvalue weighted by atomic mass is 19.1. The highest BCUT2D eigenvalue weighted by molar-refractivity contribution is 5.85. The number of nitrogens with zero attached hydrogens (tertiary/aromatic N) is 1. The minimum absolute atomic E-state index is 0.145. The Balaban J connectivity index is 0.946. The number of piperidine rings is 4. The Morgan fingerprint density at radius 3 is 1.97 bits per heavy atom. The summed E-state index contributed by atoms with van der Waals surface area (Å²) >= 11 is 0. The van der Waals surface area contributed by atoms with Crippen molar-refractivity contribution < 1.29 is 18.4 Å². The summed E-state index contributed by atoms with van der Waals surface area (Å²) in [5.74, 6) is 1.75. The first-order valence-corrected chi connectivity index (χ1v) is 23.3. The normalized spacial score (nSPS) is 46.9. The number of halogens is 2. The van der Waals surface area contributed by atoms with Gasteiger partial charge in [0, 0.05) is 24.0 Å². The van der Waals surface area contributed by atoms with Crippen molar-refractivity contribution in [1.29, 1.82) is 0 Å². The Morgan fingerprint density at radius 1 is 0.690 bits per heavy atom. The van der Waals surface area contributed by atoms with Crippen LogP contribution in [0.4, 0.5) is 8.78 Å². The van der Waals surface area contributed by atoms with Crippen molar-refractivity contribution in [3.05, 3.63) is 71.3 Å². The number of alkyl halides is 2. The zero-order chi connectivity index (χ0) is 39.6. The molecule has 8 aliphatic carbocycles. The molecule has 0 aromatic heterocycles. The van der Waals surface area contributed by atoms with E-state index in [1.54, 1.807) is 0 Å². The predicted molar refractivity (Wildman–Crippen MR) is 223 cm³/mol. The molecule has 2 aromatic carbocycles. The Morgan fingerprint density at radius 2 is 1.31 bits per heavy atom. The van der Waals surface area contributed by atoms with Gasteiger partial charge >= 0.3 is 0 Å². The minimum Gasteiger partial charge on any atom is -0.353 e. The fourth-order valence-corrected chi connectivity index (χ4v) is 17.5. The van der Waals surface area contributed by atoms with E-state index in [2.05, 4.69) is 82.4 Å². The molecule has 2 aromatic rings. The number of rotatable bonds is 10. The van der Waals surface area contributed by atoms with Crippen molar-refractivity contribution in [3.63, 3.8) is 0 Å². The zero-order valence-corrected chi connectivity index (χ0v) is 34.9. The summed E-state index contributed by atoms with van der Waals surface area (Å²) in [7, 11) is 0. The van der Waals surface area contributed by atoms with Gasteiger partial charge in [0.2, 0.25) is 11.8 Å². The van der Waals surface area contributed by atoms with E-state index in [-0.39, 0.29) is 52.2 Å². The number of nitrogens with one attached hydrogen (secondary N) is 3. The molecule has 8 saturated carbocycles. The number of hydrogen-bond acceptors (Lipinski definition) is 4. The zero-order valence-electron chi connectivity index (χ0n) is 34.9. The maximum atomic E-state index is 16.0. The van der Waals surface area contributed by atoms with Crippen molar-refractivity contribution in [2.24, 2.45) is 39.4 Å². The molecule has 4 aliphatic heterocycles. The second-order valence-electron chi connectivity index (χ2n) is 22.8. The fraction of sp³-hybridized carbons (Fsp3) is 0.720. The molecule has 14 rings (SSSR count). The maximum absolute atomic E-state index is 16.0. The van der Waals surface area contributed by atoms with Crippen LogP contribution in [0.1, 0.15) is 126 Å². The third-order valence-corrected chi connectivity index (χ3v) is 18.8. The first-order valence-electron chi connectivity index (χ1n) is 23.3. The summed E-state index contributed by atoms with van der Waals surface area (Å²) in [4.78, 5) is 32.2. The molecule has 11 atom stereocenters. The molecule has 4 saturated heterocycles. The molecule has 0 spiro atoms. The van der Waals surface area contributed by atoms with Gasteiger partial charge in [-0.3, -0.25) is 18.4 Å². The van der Waals surface area contributed by atoms with Gasteiger partial charge in [0.1, 0.15) is 0 Å². The number of benzene rings is 2. The molecule has 8 heteroatoms. The molecule has 312 valence electrons. The maximum Gasteiger partial charge on any atom is 0.226 e. The van der Waals surface area contributed by atoms with Gasteiger partial charge in [0.05, 0.1) is 24.2 Å². The number of carbonyl (C=O) groups excluding carboxylic acids is 2. The van der Waals surface area contributed by atoms with E-state index in [9.17, 15) is 9.18 Å². The summed E-state index contributed by atoms with van der Waals surface area (Å²) in [6.45, 7) is 6.57. The lowest BCUT2D eigenvalue weighted by atomic mass is 9.33. The summed E-state index contributed by atoms with van der Waals surface area (Å²) < 4.78 is 30.5. The Kier molecular flexibility index (Phi) is 8.76. The van der Waals surface area contributed by atoms with Gasteiger partial charge in [0.25, 0.3) is 0 Å². The van der Waals surface area contributed by atoms with Gasteiger partial charge in [-0.1, -0.05) is 61.5 Å². The van der Waals surface area contributed by atoms with Crippen LogP contribution in [0.2, 0.25) is 0 Å². The summed E-state index contributed by atoms with van der Waals surface area (Å²) in [6, 6.07) is 20.6. The topological polar surface area (TPSA) is 73.5 Å². The van der Waals surface area contributed by atoms with E-state index < -0.39 is 22.9 Å². The molecular formula is C50H66F2N4O2. The van der Waals surface area contributed by atoms with Crippen molar-refractivity contribution in [2.45, 2.75) is 138 Å². The molecule has 12 aliphatic rings. The van der Waals surface area contributed by atoms with Crippen molar-refractivity contribution in [1.82, 2.24) is 20.9 Å². The summed E-state index contributed by atoms with van der Waals surface area (Å²) in [6.07, 6.45) is 14.1. The molecule has 0 radical (unpaired) electrons. The van der Waals surface area contributed by atoms with Gasteiger partial charge in [-0.05, 0) is 185 Å². The predicted octanol–water partition coefficient (Wildman–Crippen LogP) is 8.08. The second kappa shape index (κ2) is 13.3. The molecule has 6 unspecified atom stereocenters. The van der Waals surface area contributed by atoms with Crippen LogP contribution in [0.3, 0.4) is 0 Å². The lowest BCUT2D eigenvalue weighted by Crippen LogP contribution is -2.69. The Hall–Kier alpha value is -2.84. The van der Waals surface area contributed by atoms with Crippen LogP contribution >= 0.6 is 0 Å². The van der Waals surface area contributed by atoms with E-state index in [0.717, 1.165) is 123 Å². The average molecular weight is 793 g/mol. The number of amides is 2. The molecule has 6 nitrogen and oxygen atoms in total. The standard InChI is InChI=1S/C50H66F2N4O2/c1-34-22-53-16-11-40(34)54-42(57)47-21-35-19-44(25-47,14-15-51)24-46(20-35,29-47)38-7-9-39(10-8-38)49-27-45(33-52)26-48(30-49,37-5-3-2-4-6-37)31-50(28-45,32-49)43(58)55-41-23-56-17-12-36(41)13-18-56/h2-10,34-36,40-41,53H,11-33H2,1H3,(H,54,57)(H,55,58)/t34?,35?,40?,41-,44-,45-,46-,47?,48+,49?,50?/m1/s1. The monoisotopic (exact) mass is 793 g/mol. The number of carbonyl (C=O) groups is 2. The first kappa shape index (κ1) is 38.1. The first-order chi connectivity index (χ1) is 28.0. The van der Waals surface area contributed by atoms with E-state index in [0.29, 0.717) is 30.6 Å². The molecule has 58 heavy (non-hydrogen) atoms. The summed E-state index contributed by atoms with van der Waals surface area (Å²) in [5.41, 5.74) is 1.32. The van der Waals surface area contributed by atoms with Crippen molar-refractivity contribution in [3.8, 4) is 0 Å². The minimum atomic E-state index is -0.619. The van der Waals surface area contributed by atoms with E-state index in [1.165, 1.54) is 16.7 Å². The molecule has 10 bridgehead atoms. The Labute approximate surface area is 344 Å². The van der Waals surface area contributed by atoms with E-state index in [4.69, 9.17) is 0 Å². The molecular weight excluding hydrogens is 727 g/mol. The highest BCUT2D eigenvalue weighted by Crippen LogP contribution is 2.75. The lowest BCUT2D eigenvalue weighted by Gasteiger charge is -2.70. The van der Waals surface area contributed by atoms with Crippen molar-refractivity contribution >= 4 is 11.8 Å². The van der Waals surface area contributed by atoms with Crippen LogP contribution in [-0.2, 0) is 25.8 Å². The Bertz CT molecular complexity index is 1940. The average Bonchev–Trinajstić information content (AvgIpc) is 3.21. The van der Waals surface area contributed by atoms with Crippen LogP contribution in [0.15, 0.2) is 54.6 Å². The second-order valence-corrected chi connectivity index (χ2v) is 22.8. The number of hydrogen-bond donors (Lipinski definition) is 3. The number of fused-ring (bicyclic) bond motifs is 3. The molecule has 4 heterocycles. The van der Waals surface area contributed by atoms with Gasteiger partial charge in [-0.2, -0.15) is 0 Å². The third-order valence-electron chi connectivity index (χ3n) is 18.8. The summed E-state index contributed by atoms with van der Waals surface area (Å²) in [5, 5.41) is 10.7. The van der Waals surface area contributed by atoms with E-state index >= 15 is 9.18 Å². The van der Waals surface area contributed by atoms with Crippen LogP contribution in [-0.4, -0.2) is 74.9 Å². The van der Waals surface area contributed by atoms with Gasteiger partial charge < -0.3 is 20.9 Å². The molecule has 2 amide bonds. The molecule has 12 fully saturated rings. The van der Waals surface area contributed by atoms with Crippen LogP contribution in [0.5, 0.6) is 0 Å². The van der Waals surface area contributed by atoms with Gasteiger partial charge in [-0.15, -0.1) is 0 Å². The van der Waals surface area contributed by atoms with Gasteiger partial charge in [-0.25, -0.2) is 0 Å². The van der Waals surface area contributed by atoms with E-state index in [1.807, 2.05) is 0 Å². The SMILES string of the molecule is CC1CNCCC1NC(=O)C12CC3C[C@@](CCF)(C1)C[C@](c1ccc(C45CC6(C(=O)N[C@@H]7CN8CCC7CC8)C[C@](CF)(C4)C[C@@](c4ccccc4)(C6)C5)cc1)(C3)C2. The fourth-order valence-electron chi connectivity index (χ4n) is 17.5. The van der Waals surface area contributed by atoms with Crippen LogP contribution in [0, 0.1) is 39.4 Å². The highest BCUT2D eigenvalue weighted by Gasteiger charge is 2.71. The van der Waals surface area contributed by atoms with Crippen LogP contribution < -0.4 is 16.0 Å². The van der Waals surface area contributed by atoms with Crippen molar-refractivity contribution in [2.75, 3.05) is 46.1 Å². The lowest BCUT2D eigenvalue weighted by molar-refractivity contribution is -0.173. The van der Waals surface area contributed by atoms with Crippen LogP contribution in [0.25, 0.3) is 0 Å².